The van der Waals surface area contributed by atoms with Crippen LogP contribution in [0, 0.1) is 0 Å². The fraction of sp³-hybridized carbons (Fsp3) is 0.370. The van der Waals surface area contributed by atoms with E-state index in [1.54, 1.807) is 12.1 Å². The second-order valence-corrected chi connectivity index (χ2v) is 8.70. The molecule has 1 aliphatic carbocycles. The van der Waals surface area contributed by atoms with E-state index in [-0.39, 0.29) is 24.4 Å². The molecular formula is C27H34N4O3. The van der Waals surface area contributed by atoms with Crippen LogP contribution in [0.1, 0.15) is 61.0 Å². The Hall–Kier alpha value is -3.45. The van der Waals surface area contributed by atoms with Gasteiger partial charge in [0.1, 0.15) is 0 Å². The van der Waals surface area contributed by atoms with Crippen molar-refractivity contribution >= 4 is 23.5 Å². The highest BCUT2D eigenvalue weighted by atomic mass is 16.2. The second-order valence-electron chi connectivity index (χ2n) is 8.70. The van der Waals surface area contributed by atoms with E-state index in [2.05, 4.69) is 22.0 Å². The molecule has 7 heteroatoms. The van der Waals surface area contributed by atoms with Gasteiger partial charge in [-0.05, 0) is 75.9 Å². The first-order valence-electron chi connectivity index (χ1n) is 11.8. The Bertz CT molecular complexity index is 1020. The van der Waals surface area contributed by atoms with Crippen molar-refractivity contribution in [2.24, 2.45) is 0 Å². The van der Waals surface area contributed by atoms with Gasteiger partial charge in [-0.2, -0.15) is 0 Å². The predicted octanol–water partition coefficient (Wildman–Crippen LogP) is 4.65. The minimum Gasteiger partial charge on any atom is -0.337 e. The third-order valence-electron chi connectivity index (χ3n) is 6.09. The predicted molar refractivity (Wildman–Crippen MR) is 135 cm³/mol. The number of hydrogen-bond donors (Lipinski definition) is 3. The van der Waals surface area contributed by atoms with Crippen LogP contribution in [-0.2, 0) is 4.79 Å². The highest BCUT2D eigenvalue weighted by molar-refractivity contribution is 6.04. The van der Waals surface area contributed by atoms with E-state index in [0.717, 1.165) is 24.8 Å². The third-order valence-corrected chi connectivity index (χ3v) is 6.09. The number of benzene rings is 2. The minimum atomic E-state index is -0.465. The van der Waals surface area contributed by atoms with Crippen molar-refractivity contribution in [2.45, 2.75) is 45.1 Å². The van der Waals surface area contributed by atoms with Crippen LogP contribution in [0.4, 0.5) is 10.5 Å². The monoisotopic (exact) mass is 462 g/mol. The number of likely N-dealkylation sites (N-methyl/N-ethyl adjacent to an activating group) is 1. The van der Waals surface area contributed by atoms with Gasteiger partial charge in [-0.25, -0.2) is 4.79 Å². The molecule has 0 radical (unpaired) electrons. The smallest absolute Gasteiger partial charge is 0.321 e. The number of amides is 4. The molecule has 2 aromatic rings. The Morgan fingerprint density at radius 1 is 1.03 bits per heavy atom. The molecule has 7 nitrogen and oxygen atoms in total. The SMILES string of the molecule is CC(c1cccc(NC(=O)c2ccccc2)c1)N(C)CC(=O)NC(=O)NCCC1=CCCCC1. The molecule has 0 heterocycles. The van der Waals surface area contributed by atoms with E-state index < -0.39 is 6.03 Å². The zero-order valence-electron chi connectivity index (χ0n) is 20.0. The number of nitrogens with zero attached hydrogens (tertiary/aromatic N) is 1. The third kappa shape index (κ3) is 7.85. The molecule has 1 unspecified atom stereocenters. The van der Waals surface area contributed by atoms with Gasteiger partial charge in [-0.1, -0.05) is 42.0 Å². The molecule has 0 aliphatic heterocycles. The first-order valence-corrected chi connectivity index (χ1v) is 11.8. The maximum absolute atomic E-state index is 12.4. The Labute approximate surface area is 201 Å². The van der Waals surface area contributed by atoms with E-state index in [4.69, 9.17) is 0 Å². The van der Waals surface area contributed by atoms with E-state index >= 15 is 0 Å². The summed E-state index contributed by atoms with van der Waals surface area (Å²) >= 11 is 0. The van der Waals surface area contributed by atoms with Gasteiger partial charge in [-0.3, -0.25) is 19.8 Å². The molecule has 2 aromatic carbocycles. The zero-order chi connectivity index (χ0) is 24.3. The van der Waals surface area contributed by atoms with Crippen LogP contribution in [0.25, 0.3) is 0 Å². The van der Waals surface area contributed by atoms with Crippen molar-refractivity contribution in [1.29, 1.82) is 0 Å². The minimum absolute atomic E-state index is 0.0698. The van der Waals surface area contributed by atoms with Crippen molar-refractivity contribution in [3.8, 4) is 0 Å². The van der Waals surface area contributed by atoms with Crippen molar-refractivity contribution in [2.75, 3.05) is 25.5 Å². The Kier molecular flexibility index (Phi) is 9.40. The second kappa shape index (κ2) is 12.7. The van der Waals surface area contributed by atoms with Gasteiger partial charge in [0.25, 0.3) is 5.91 Å². The van der Waals surface area contributed by atoms with Gasteiger partial charge < -0.3 is 10.6 Å². The fourth-order valence-corrected chi connectivity index (χ4v) is 3.97. The lowest BCUT2D eigenvalue weighted by Gasteiger charge is -2.25. The van der Waals surface area contributed by atoms with Crippen molar-refractivity contribution < 1.29 is 14.4 Å². The molecule has 0 saturated heterocycles. The number of carbonyl (C=O) groups excluding carboxylic acids is 3. The zero-order valence-corrected chi connectivity index (χ0v) is 20.0. The summed E-state index contributed by atoms with van der Waals surface area (Å²) in [6.45, 7) is 2.57. The van der Waals surface area contributed by atoms with E-state index in [1.165, 1.54) is 18.4 Å². The molecule has 1 atom stereocenters. The van der Waals surface area contributed by atoms with Crippen LogP contribution in [0.3, 0.4) is 0 Å². The van der Waals surface area contributed by atoms with E-state index in [0.29, 0.717) is 17.8 Å². The highest BCUT2D eigenvalue weighted by Crippen LogP contribution is 2.22. The number of rotatable bonds is 9. The molecule has 0 saturated carbocycles. The maximum Gasteiger partial charge on any atom is 0.321 e. The first-order chi connectivity index (χ1) is 16.4. The highest BCUT2D eigenvalue weighted by Gasteiger charge is 2.17. The van der Waals surface area contributed by atoms with Crippen LogP contribution >= 0.6 is 0 Å². The van der Waals surface area contributed by atoms with Gasteiger partial charge in [0.2, 0.25) is 5.91 Å². The molecule has 1 aliphatic rings. The van der Waals surface area contributed by atoms with Gasteiger partial charge in [0.05, 0.1) is 6.54 Å². The summed E-state index contributed by atoms with van der Waals surface area (Å²) in [4.78, 5) is 38.7. The van der Waals surface area contributed by atoms with E-state index in [1.807, 2.05) is 61.3 Å². The lowest BCUT2D eigenvalue weighted by atomic mass is 9.97. The Balaban J connectivity index is 1.45. The fourth-order valence-electron chi connectivity index (χ4n) is 3.97. The lowest BCUT2D eigenvalue weighted by Crippen LogP contribution is -2.44. The summed E-state index contributed by atoms with van der Waals surface area (Å²) in [5.74, 6) is -0.541. The molecule has 0 spiro atoms. The molecule has 3 N–H and O–H groups in total. The quantitative estimate of drug-likeness (QED) is 0.473. The summed E-state index contributed by atoms with van der Waals surface area (Å²) in [7, 11) is 1.83. The number of hydrogen-bond acceptors (Lipinski definition) is 4. The summed E-state index contributed by atoms with van der Waals surface area (Å²) < 4.78 is 0. The molecule has 3 rings (SSSR count). The largest absolute Gasteiger partial charge is 0.337 e. The van der Waals surface area contributed by atoms with Gasteiger partial charge in [-0.15, -0.1) is 0 Å². The van der Waals surface area contributed by atoms with Crippen LogP contribution in [-0.4, -0.2) is 42.9 Å². The molecule has 34 heavy (non-hydrogen) atoms. The summed E-state index contributed by atoms with van der Waals surface area (Å²) in [5, 5.41) is 8.08. The van der Waals surface area contributed by atoms with Crippen molar-refractivity contribution in [3.63, 3.8) is 0 Å². The molecule has 0 aromatic heterocycles. The number of allylic oxidation sites excluding steroid dienone is 1. The lowest BCUT2D eigenvalue weighted by molar-refractivity contribution is -0.121. The van der Waals surface area contributed by atoms with E-state index in [9.17, 15) is 14.4 Å². The molecular weight excluding hydrogens is 428 g/mol. The standard InChI is InChI=1S/C27H34N4O3/c1-20(23-14-9-15-24(18-23)29-26(33)22-12-7-4-8-13-22)31(2)19-25(32)30-27(34)28-17-16-21-10-5-3-6-11-21/h4,7-10,12-15,18,20H,3,5-6,11,16-17,19H2,1-2H3,(H,29,33)(H2,28,30,32,34). The molecule has 0 fully saturated rings. The van der Waals surface area contributed by atoms with Crippen LogP contribution in [0.2, 0.25) is 0 Å². The van der Waals surface area contributed by atoms with Gasteiger partial charge >= 0.3 is 6.03 Å². The average Bonchev–Trinajstić information content (AvgIpc) is 2.84. The molecule has 4 amide bonds. The number of carbonyl (C=O) groups is 3. The Morgan fingerprint density at radius 2 is 1.82 bits per heavy atom. The van der Waals surface area contributed by atoms with Gasteiger partial charge in [0.15, 0.2) is 0 Å². The normalized spacial score (nSPS) is 14.1. The molecule has 0 bridgehead atoms. The summed E-state index contributed by atoms with van der Waals surface area (Å²) in [6, 6.07) is 16.0. The van der Waals surface area contributed by atoms with Crippen LogP contribution < -0.4 is 16.0 Å². The number of urea groups is 1. The van der Waals surface area contributed by atoms with Crippen molar-refractivity contribution in [3.05, 3.63) is 77.4 Å². The van der Waals surface area contributed by atoms with Crippen molar-refractivity contribution in [1.82, 2.24) is 15.5 Å². The number of nitrogens with one attached hydrogen (secondary N) is 3. The maximum atomic E-state index is 12.4. The average molecular weight is 463 g/mol. The number of anilines is 1. The number of imide groups is 1. The Morgan fingerprint density at radius 3 is 2.56 bits per heavy atom. The summed E-state index contributed by atoms with van der Waals surface area (Å²) in [6.07, 6.45) is 7.76. The van der Waals surface area contributed by atoms with Gasteiger partial charge in [0, 0.05) is 23.8 Å². The first kappa shape index (κ1) is 25.2. The topological polar surface area (TPSA) is 90.5 Å². The molecule has 180 valence electrons. The summed E-state index contributed by atoms with van der Waals surface area (Å²) in [5.41, 5.74) is 3.60. The van der Waals surface area contributed by atoms with Crippen LogP contribution in [0.5, 0.6) is 0 Å². The van der Waals surface area contributed by atoms with Crippen LogP contribution in [0.15, 0.2) is 66.2 Å².